The van der Waals surface area contributed by atoms with Gasteiger partial charge in [-0.25, -0.2) is 13.1 Å². The first-order chi connectivity index (χ1) is 9.42. The molecule has 0 amide bonds. The monoisotopic (exact) mass is 335 g/mol. The molecule has 0 aromatic heterocycles. The van der Waals surface area contributed by atoms with Crippen LogP contribution < -0.4 is 10.0 Å². The number of sulfonamides is 1. The third kappa shape index (κ3) is 4.13. The number of benzene rings is 1. The van der Waals surface area contributed by atoms with Gasteiger partial charge in [0.15, 0.2) is 4.90 Å². The molecule has 0 aliphatic carbocycles. The number of nitro groups is 1. The Kier molecular flexibility index (Phi) is 6.09. The molecule has 1 aliphatic rings. The largest absolute Gasteiger partial charge is 0.315 e. The van der Waals surface area contributed by atoms with Gasteiger partial charge < -0.3 is 5.32 Å². The zero-order valence-corrected chi connectivity index (χ0v) is 13.1. The summed E-state index contributed by atoms with van der Waals surface area (Å²) in [6.07, 6.45) is 0.865. The quantitative estimate of drug-likeness (QED) is 0.637. The molecule has 1 heterocycles. The smallest absolute Gasteiger partial charge is 0.289 e. The van der Waals surface area contributed by atoms with Crippen molar-refractivity contribution in [2.24, 2.45) is 5.92 Å². The fraction of sp³-hybridized carbons (Fsp3) is 0.500. The second kappa shape index (κ2) is 7.17. The molecule has 0 saturated carbocycles. The predicted molar refractivity (Wildman–Crippen MR) is 81.1 cm³/mol. The number of rotatable bonds is 4. The highest BCUT2D eigenvalue weighted by molar-refractivity contribution is 7.89. The molecule has 2 rings (SSSR count). The fourth-order valence-corrected chi connectivity index (χ4v) is 3.76. The second-order valence-corrected chi connectivity index (χ2v) is 6.61. The zero-order valence-electron chi connectivity index (χ0n) is 11.5. The van der Waals surface area contributed by atoms with Crippen LogP contribution in [0.4, 0.5) is 5.69 Å². The summed E-state index contributed by atoms with van der Waals surface area (Å²) in [7, 11) is -3.90. The molecule has 21 heavy (non-hydrogen) atoms. The lowest BCUT2D eigenvalue weighted by molar-refractivity contribution is -0.387. The third-order valence-corrected chi connectivity index (χ3v) is 5.02. The minimum absolute atomic E-state index is 0. The molecule has 1 aromatic carbocycles. The highest BCUT2D eigenvalue weighted by atomic mass is 35.5. The van der Waals surface area contributed by atoms with Gasteiger partial charge in [0.25, 0.3) is 5.69 Å². The SMILES string of the molecule is CC1CCNCC1NS(=O)(=O)c1ccccc1[N+](=O)[O-].Cl. The molecule has 2 atom stereocenters. The van der Waals surface area contributed by atoms with Crippen LogP contribution >= 0.6 is 12.4 Å². The van der Waals surface area contributed by atoms with Crippen LogP contribution in [-0.2, 0) is 10.0 Å². The summed E-state index contributed by atoms with van der Waals surface area (Å²) in [5.41, 5.74) is -0.406. The summed E-state index contributed by atoms with van der Waals surface area (Å²) in [5, 5.41) is 14.0. The van der Waals surface area contributed by atoms with Crippen LogP contribution in [0.2, 0.25) is 0 Å². The van der Waals surface area contributed by atoms with Gasteiger partial charge in [0, 0.05) is 18.7 Å². The molecule has 9 heteroatoms. The van der Waals surface area contributed by atoms with E-state index in [1.165, 1.54) is 24.3 Å². The van der Waals surface area contributed by atoms with Crippen LogP contribution in [0.5, 0.6) is 0 Å². The van der Waals surface area contributed by atoms with Gasteiger partial charge in [-0.2, -0.15) is 0 Å². The molecule has 1 aromatic rings. The summed E-state index contributed by atoms with van der Waals surface area (Å²) in [5.74, 6) is 0.189. The fourth-order valence-electron chi connectivity index (χ4n) is 2.25. The number of para-hydroxylation sites is 1. The standard InChI is InChI=1S/C12H17N3O4S.ClH/c1-9-6-7-13-8-10(9)14-20(18,19)12-5-3-2-4-11(12)15(16)17;/h2-5,9-10,13-14H,6-8H2,1H3;1H. The van der Waals surface area contributed by atoms with Gasteiger partial charge in [-0.3, -0.25) is 10.1 Å². The highest BCUT2D eigenvalue weighted by Gasteiger charge is 2.30. The predicted octanol–water partition coefficient (Wildman–Crippen LogP) is 1.29. The average Bonchev–Trinajstić information content (AvgIpc) is 2.41. The minimum atomic E-state index is -3.90. The summed E-state index contributed by atoms with van der Waals surface area (Å²) < 4.78 is 27.2. The van der Waals surface area contributed by atoms with Crippen molar-refractivity contribution in [2.45, 2.75) is 24.3 Å². The van der Waals surface area contributed by atoms with E-state index in [0.29, 0.717) is 6.54 Å². The average molecular weight is 336 g/mol. The van der Waals surface area contributed by atoms with Gasteiger partial charge >= 0.3 is 0 Å². The van der Waals surface area contributed by atoms with Gasteiger partial charge in [-0.05, 0) is 24.9 Å². The van der Waals surface area contributed by atoms with Crippen LogP contribution in [0.3, 0.4) is 0 Å². The molecule has 1 saturated heterocycles. The molecule has 0 bridgehead atoms. The number of halogens is 1. The van der Waals surface area contributed by atoms with Crippen LogP contribution in [0.1, 0.15) is 13.3 Å². The van der Waals surface area contributed by atoms with E-state index in [9.17, 15) is 18.5 Å². The van der Waals surface area contributed by atoms with E-state index in [1.54, 1.807) is 0 Å². The van der Waals surface area contributed by atoms with E-state index in [-0.39, 0.29) is 29.3 Å². The molecular weight excluding hydrogens is 318 g/mol. The van der Waals surface area contributed by atoms with Crippen LogP contribution in [-0.4, -0.2) is 32.5 Å². The topological polar surface area (TPSA) is 101 Å². The number of nitrogens with one attached hydrogen (secondary N) is 2. The van der Waals surface area contributed by atoms with E-state index >= 15 is 0 Å². The first kappa shape index (κ1) is 17.8. The lowest BCUT2D eigenvalue weighted by Crippen LogP contribution is -2.50. The normalized spacial score (nSPS) is 22.3. The lowest BCUT2D eigenvalue weighted by Gasteiger charge is -2.29. The van der Waals surface area contributed by atoms with E-state index < -0.39 is 20.6 Å². The number of piperidine rings is 1. The molecular formula is C12H18ClN3O4S. The lowest BCUT2D eigenvalue weighted by atomic mass is 9.96. The van der Waals surface area contributed by atoms with Crippen LogP contribution in [0.15, 0.2) is 29.2 Å². The van der Waals surface area contributed by atoms with Crippen molar-refractivity contribution in [3.05, 3.63) is 34.4 Å². The number of nitrogens with zero attached hydrogens (tertiary/aromatic N) is 1. The Hall–Kier alpha value is -1.22. The molecule has 118 valence electrons. The van der Waals surface area contributed by atoms with Crippen molar-refractivity contribution in [1.82, 2.24) is 10.0 Å². The first-order valence-electron chi connectivity index (χ1n) is 6.38. The Balaban J connectivity index is 0.00000220. The van der Waals surface area contributed by atoms with Crippen molar-refractivity contribution in [2.75, 3.05) is 13.1 Å². The Labute approximate surface area is 129 Å². The van der Waals surface area contributed by atoms with Crippen molar-refractivity contribution >= 4 is 28.1 Å². The van der Waals surface area contributed by atoms with Crippen molar-refractivity contribution < 1.29 is 13.3 Å². The molecule has 1 aliphatic heterocycles. The zero-order chi connectivity index (χ0) is 14.8. The molecule has 2 unspecified atom stereocenters. The molecule has 0 spiro atoms. The van der Waals surface area contributed by atoms with E-state index in [2.05, 4.69) is 10.0 Å². The second-order valence-electron chi connectivity index (χ2n) is 4.92. The van der Waals surface area contributed by atoms with E-state index in [4.69, 9.17) is 0 Å². The maximum atomic E-state index is 12.3. The highest BCUT2D eigenvalue weighted by Crippen LogP contribution is 2.24. The molecule has 7 nitrogen and oxygen atoms in total. The van der Waals surface area contributed by atoms with Crippen LogP contribution in [0.25, 0.3) is 0 Å². The molecule has 0 radical (unpaired) electrons. The third-order valence-electron chi connectivity index (χ3n) is 3.49. The van der Waals surface area contributed by atoms with Crippen molar-refractivity contribution in [3.8, 4) is 0 Å². The summed E-state index contributed by atoms with van der Waals surface area (Å²) in [6.45, 7) is 3.35. The van der Waals surface area contributed by atoms with Gasteiger partial charge in [-0.1, -0.05) is 19.1 Å². The maximum absolute atomic E-state index is 12.3. The summed E-state index contributed by atoms with van der Waals surface area (Å²) in [6, 6.07) is 5.11. The molecule has 2 N–H and O–H groups in total. The molecule has 1 fully saturated rings. The van der Waals surface area contributed by atoms with Gasteiger partial charge in [-0.15, -0.1) is 12.4 Å². The Bertz CT molecular complexity index is 608. The van der Waals surface area contributed by atoms with E-state index in [0.717, 1.165) is 13.0 Å². The Morgan fingerprint density at radius 3 is 2.67 bits per heavy atom. The minimum Gasteiger partial charge on any atom is -0.315 e. The van der Waals surface area contributed by atoms with Gasteiger partial charge in [0.2, 0.25) is 10.0 Å². The first-order valence-corrected chi connectivity index (χ1v) is 7.86. The van der Waals surface area contributed by atoms with Gasteiger partial charge in [0.05, 0.1) is 4.92 Å². The number of hydrogen-bond donors (Lipinski definition) is 2. The number of nitro benzene ring substituents is 1. The number of hydrogen-bond acceptors (Lipinski definition) is 5. The summed E-state index contributed by atoms with van der Waals surface area (Å²) in [4.78, 5) is 9.95. The maximum Gasteiger partial charge on any atom is 0.289 e. The Morgan fingerprint density at radius 2 is 2.05 bits per heavy atom. The van der Waals surface area contributed by atoms with Crippen LogP contribution in [0, 0.1) is 16.0 Å². The summed E-state index contributed by atoms with van der Waals surface area (Å²) >= 11 is 0. The van der Waals surface area contributed by atoms with Crippen molar-refractivity contribution in [3.63, 3.8) is 0 Å². The van der Waals surface area contributed by atoms with Crippen molar-refractivity contribution in [1.29, 1.82) is 0 Å². The Morgan fingerprint density at radius 1 is 1.38 bits per heavy atom. The van der Waals surface area contributed by atoms with Gasteiger partial charge in [0.1, 0.15) is 0 Å². The van der Waals surface area contributed by atoms with E-state index in [1.807, 2.05) is 6.92 Å².